The second-order valence-electron chi connectivity index (χ2n) is 9.67. The first-order chi connectivity index (χ1) is 15.1. The molecule has 1 N–H and O–H groups in total. The first-order valence-corrected chi connectivity index (χ1v) is 13.7. The van der Waals surface area contributed by atoms with Crippen LogP contribution in [0.4, 0.5) is 0 Å². The first kappa shape index (κ1) is 21.5. The Morgan fingerprint density at radius 2 is 2.03 bits per heavy atom. The fraction of sp³-hybridized carbons (Fsp3) is 0.708. The fourth-order valence-electron chi connectivity index (χ4n) is 5.18. The molecule has 2 saturated carbocycles. The van der Waals surface area contributed by atoms with Crippen molar-refractivity contribution in [3.8, 4) is 0 Å². The molecule has 0 radical (unpaired) electrons. The average Bonchev–Trinajstić information content (AvgIpc) is 3.31. The van der Waals surface area contributed by atoms with Gasteiger partial charge in [-0.05, 0) is 70.8 Å². The Kier molecular flexibility index (Phi) is 6.72. The van der Waals surface area contributed by atoms with Crippen LogP contribution in [0, 0.1) is 12.8 Å². The van der Waals surface area contributed by atoms with Crippen LogP contribution in [-0.4, -0.2) is 39.9 Å². The van der Waals surface area contributed by atoms with Crippen LogP contribution in [0.2, 0.25) is 0 Å². The maximum atomic E-state index is 12.3. The summed E-state index contributed by atoms with van der Waals surface area (Å²) in [7, 11) is 0. The van der Waals surface area contributed by atoms with E-state index in [2.05, 4.69) is 15.2 Å². The van der Waals surface area contributed by atoms with Gasteiger partial charge >= 0.3 is 0 Å². The average molecular weight is 459 g/mol. The number of hydrogen-bond donors (Lipinski definition) is 1. The number of nitrogens with one attached hydrogen (secondary N) is 1. The normalized spacial score (nSPS) is 24.5. The van der Waals surface area contributed by atoms with Crippen LogP contribution < -0.4 is 5.32 Å². The molecule has 0 spiro atoms. The number of hydrogen-bond acceptors (Lipinski definition) is 6. The molecule has 0 bridgehead atoms. The molecule has 1 amide bonds. The zero-order chi connectivity index (χ0) is 21.2. The molecule has 5 rings (SSSR count). The molecule has 31 heavy (non-hydrogen) atoms. The van der Waals surface area contributed by atoms with Gasteiger partial charge in [-0.3, -0.25) is 9.69 Å². The summed E-state index contributed by atoms with van der Waals surface area (Å²) in [4.78, 5) is 26.8. The van der Waals surface area contributed by atoms with E-state index < -0.39 is 0 Å². The second kappa shape index (κ2) is 9.67. The Balaban J connectivity index is 1.02. The molecule has 3 heterocycles. The molecule has 2 aromatic rings. The molecule has 168 valence electrons. The van der Waals surface area contributed by atoms with Crippen molar-refractivity contribution in [2.45, 2.75) is 89.6 Å². The molecule has 2 aromatic heterocycles. The summed E-state index contributed by atoms with van der Waals surface area (Å²) in [6.45, 7) is 5.44. The van der Waals surface area contributed by atoms with E-state index in [4.69, 9.17) is 4.98 Å². The van der Waals surface area contributed by atoms with E-state index in [1.807, 2.05) is 24.5 Å². The van der Waals surface area contributed by atoms with Gasteiger partial charge in [-0.15, -0.1) is 22.7 Å². The third-order valence-electron chi connectivity index (χ3n) is 7.35. The van der Waals surface area contributed by atoms with Gasteiger partial charge in [-0.25, -0.2) is 9.97 Å². The highest BCUT2D eigenvalue weighted by Gasteiger charge is 2.28. The minimum absolute atomic E-state index is 0.153. The summed E-state index contributed by atoms with van der Waals surface area (Å²) < 4.78 is 0. The van der Waals surface area contributed by atoms with Crippen molar-refractivity contribution in [1.29, 1.82) is 0 Å². The number of rotatable bonds is 7. The lowest BCUT2D eigenvalue weighted by molar-refractivity contribution is -0.121. The van der Waals surface area contributed by atoms with Crippen LogP contribution in [-0.2, 0) is 24.2 Å². The standard InChI is InChI=1S/C24H34N4OS2/c1-16-25-14-20(30-16)13-23(29)26-19-7-5-17(6-8-19)9-11-28-12-10-22-21(15-28)27-24(31-22)18-3-2-4-18/h14,17-19H,2-13,15H2,1H3,(H,26,29)/t17-,19-. The lowest BCUT2D eigenvalue weighted by Crippen LogP contribution is -2.39. The van der Waals surface area contributed by atoms with E-state index >= 15 is 0 Å². The molecule has 7 heteroatoms. The Hall–Kier alpha value is -1.31. The van der Waals surface area contributed by atoms with Crippen LogP contribution in [0.5, 0.6) is 0 Å². The maximum Gasteiger partial charge on any atom is 0.225 e. The summed E-state index contributed by atoms with van der Waals surface area (Å²) in [6, 6.07) is 0.357. The first-order valence-electron chi connectivity index (χ1n) is 12.0. The molecule has 0 unspecified atom stereocenters. The molecule has 5 nitrogen and oxygen atoms in total. The number of amides is 1. The van der Waals surface area contributed by atoms with Crippen LogP contribution in [0.1, 0.15) is 82.7 Å². The third kappa shape index (κ3) is 5.37. The number of carbonyl (C=O) groups excluding carboxylic acids is 1. The molecule has 0 saturated heterocycles. The lowest BCUT2D eigenvalue weighted by atomic mass is 9.84. The van der Waals surface area contributed by atoms with E-state index in [0.717, 1.165) is 41.1 Å². The van der Waals surface area contributed by atoms with E-state index in [1.165, 1.54) is 68.7 Å². The maximum absolute atomic E-state index is 12.3. The van der Waals surface area contributed by atoms with Crippen molar-refractivity contribution < 1.29 is 4.79 Å². The SMILES string of the molecule is Cc1ncc(CC(=O)N[C@H]2CC[C@H](CCN3CCc4sc(C5CCC5)nc4C3)CC2)s1. The molecule has 3 aliphatic rings. The number of nitrogens with zero attached hydrogens (tertiary/aromatic N) is 3. The van der Waals surface area contributed by atoms with Gasteiger partial charge in [0.05, 0.1) is 22.1 Å². The van der Waals surface area contributed by atoms with Crippen LogP contribution >= 0.6 is 22.7 Å². The quantitative estimate of drug-likeness (QED) is 0.645. The molecular formula is C24H34N4OS2. The zero-order valence-electron chi connectivity index (χ0n) is 18.6. The summed E-state index contributed by atoms with van der Waals surface area (Å²) in [5.41, 5.74) is 1.38. The predicted molar refractivity (Wildman–Crippen MR) is 127 cm³/mol. The number of aromatic nitrogens is 2. The van der Waals surface area contributed by atoms with E-state index in [-0.39, 0.29) is 5.91 Å². The zero-order valence-corrected chi connectivity index (χ0v) is 20.2. The van der Waals surface area contributed by atoms with E-state index in [9.17, 15) is 4.79 Å². The minimum Gasteiger partial charge on any atom is -0.353 e. The monoisotopic (exact) mass is 458 g/mol. The van der Waals surface area contributed by atoms with Crippen molar-refractivity contribution in [3.63, 3.8) is 0 Å². The van der Waals surface area contributed by atoms with Crippen molar-refractivity contribution >= 4 is 28.6 Å². The Labute approximate surface area is 193 Å². The van der Waals surface area contributed by atoms with Gasteiger partial charge in [0.15, 0.2) is 0 Å². The summed E-state index contributed by atoms with van der Waals surface area (Å²) in [6.07, 6.45) is 13.6. The van der Waals surface area contributed by atoms with E-state index in [1.54, 1.807) is 16.2 Å². The molecular weight excluding hydrogens is 424 g/mol. The largest absolute Gasteiger partial charge is 0.353 e. The van der Waals surface area contributed by atoms with Gasteiger partial charge in [0.25, 0.3) is 0 Å². The summed E-state index contributed by atoms with van der Waals surface area (Å²) >= 11 is 3.62. The molecule has 2 fully saturated rings. The highest BCUT2D eigenvalue weighted by molar-refractivity contribution is 7.12. The Morgan fingerprint density at radius 1 is 1.19 bits per heavy atom. The third-order valence-corrected chi connectivity index (χ3v) is 9.58. The molecule has 0 atom stereocenters. The second-order valence-corrected chi connectivity index (χ2v) is 12.1. The Bertz CT molecular complexity index is 895. The van der Waals surface area contributed by atoms with Gasteiger partial charge in [-0.1, -0.05) is 6.42 Å². The molecule has 1 aliphatic heterocycles. The lowest BCUT2D eigenvalue weighted by Gasteiger charge is -2.32. The van der Waals surface area contributed by atoms with Crippen LogP contribution in [0.25, 0.3) is 0 Å². The summed E-state index contributed by atoms with van der Waals surface area (Å²) in [5.74, 6) is 1.73. The highest BCUT2D eigenvalue weighted by atomic mass is 32.1. The van der Waals surface area contributed by atoms with Crippen molar-refractivity contribution in [2.24, 2.45) is 5.92 Å². The van der Waals surface area contributed by atoms with Gasteiger partial charge in [0, 0.05) is 41.0 Å². The fourth-order valence-corrected chi connectivity index (χ4v) is 7.20. The van der Waals surface area contributed by atoms with Crippen LogP contribution in [0.3, 0.4) is 0 Å². The van der Waals surface area contributed by atoms with Gasteiger partial charge in [0.1, 0.15) is 0 Å². The van der Waals surface area contributed by atoms with Crippen LogP contribution in [0.15, 0.2) is 6.20 Å². The van der Waals surface area contributed by atoms with Crippen molar-refractivity contribution in [3.05, 3.63) is 31.7 Å². The smallest absolute Gasteiger partial charge is 0.225 e. The number of aryl methyl sites for hydroxylation is 1. The minimum atomic E-state index is 0.153. The number of thiazole rings is 2. The van der Waals surface area contributed by atoms with Gasteiger partial charge < -0.3 is 5.32 Å². The molecule has 2 aliphatic carbocycles. The number of fused-ring (bicyclic) bond motifs is 1. The molecule has 0 aromatic carbocycles. The van der Waals surface area contributed by atoms with Crippen molar-refractivity contribution in [1.82, 2.24) is 20.2 Å². The predicted octanol–water partition coefficient (Wildman–Crippen LogP) is 4.84. The number of carbonyl (C=O) groups is 1. The highest BCUT2D eigenvalue weighted by Crippen LogP contribution is 2.40. The van der Waals surface area contributed by atoms with Crippen molar-refractivity contribution in [2.75, 3.05) is 13.1 Å². The topological polar surface area (TPSA) is 58.1 Å². The van der Waals surface area contributed by atoms with Gasteiger partial charge in [-0.2, -0.15) is 0 Å². The van der Waals surface area contributed by atoms with Gasteiger partial charge in [0.2, 0.25) is 5.91 Å². The van der Waals surface area contributed by atoms with E-state index in [0.29, 0.717) is 12.5 Å². The summed E-state index contributed by atoms with van der Waals surface area (Å²) in [5, 5.41) is 5.71. The Morgan fingerprint density at radius 3 is 2.74 bits per heavy atom.